The van der Waals surface area contributed by atoms with E-state index in [-0.39, 0.29) is 0 Å². The maximum Gasteiger partial charge on any atom is 0.162 e. The first-order valence-corrected chi connectivity index (χ1v) is 14.0. The summed E-state index contributed by atoms with van der Waals surface area (Å²) in [6, 6.07) is 19.3. The van der Waals surface area contributed by atoms with Crippen LogP contribution in [-0.2, 0) is 16.2 Å². The number of morpholine rings is 1. The van der Waals surface area contributed by atoms with Gasteiger partial charge in [-0.15, -0.1) is 0 Å². The van der Waals surface area contributed by atoms with Gasteiger partial charge in [-0.05, 0) is 54.8 Å². The zero-order chi connectivity index (χ0) is 28.4. The maximum atomic E-state index is 6.14. The summed E-state index contributed by atoms with van der Waals surface area (Å²) in [4.78, 5) is 16.9. The summed E-state index contributed by atoms with van der Waals surface area (Å²) < 4.78 is 17.2. The molecule has 1 aliphatic heterocycles. The summed E-state index contributed by atoms with van der Waals surface area (Å²) in [5, 5.41) is 9.20. The molecule has 3 aromatic carbocycles. The summed E-state index contributed by atoms with van der Waals surface area (Å²) in [6.07, 6.45) is 2.45. The Kier molecular flexibility index (Phi) is 9.85. The molecule has 1 aromatic heterocycles. The molecule has 0 bridgehead atoms. The monoisotopic (exact) mass is 575 g/mol. The summed E-state index contributed by atoms with van der Waals surface area (Å²) >= 11 is 5.94. The lowest BCUT2D eigenvalue weighted by Gasteiger charge is -2.26. The smallest absolute Gasteiger partial charge is 0.162 e. The van der Waals surface area contributed by atoms with Crippen molar-refractivity contribution in [2.24, 2.45) is 5.16 Å². The molecule has 9 nitrogen and oxygen atoms in total. The highest BCUT2D eigenvalue weighted by atomic mass is 35.5. The second kappa shape index (κ2) is 14.1. The molecule has 0 aliphatic carbocycles. The highest BCUT2D eigenvalue weighted by molar-refractivity contribution is 6.30. The van der Waals surface area contributed by atoms with E-state index in [1.54, 1.807) is 7.11 Å². The average Bonchev–Trinajstić information content (AvgIpc) is 3.01. The molecule has 1 saturated heterocycles. The normalized spacial score (nSPS) is 14.2. The number of ether oxygens (including phenoxy) is 3. The van der Waals surface area contributed by atoms with E-state index in [1.165, 1.54) is 6.33 Å². The summed E-state index contributed by atoms with van der Waals surface area (Å²) in [6.45, 7) is 7.38. The average molecular weight is 576 g/mol. The highest BCUT2D eigenvalue weighted by Gasteiger charge is 2.14. The number of benzene rings is 3. The Hall–Kier alpha value is -3.92. The third-order valence-electron chi connectivity index (χ3n) is 6.81. The van der Waals surface area contributed by atoms with Gasteiger partial charge >= 0.3 is 0 Å². The first kappa shape index (κ1) is 28.6. The number of hydrogen-bond acceptors (Lipinski definition) is 9. The molecule has 0 spiro atoms. The number of nitrogens with one attached hydrogen (secondary N) is 1. The second-order valence-electron chi connectivity index (χ2n) is 9.68. The lowest BCUT2D eigenvalue weighted by atomic mass is 10.1. The van der Waals surface area contributed by atoms with E-state index in [0.29, 0.717) is 35.6 Å². The first-order chi connectivity index (χ1) is 20.1. The topological polar surface area (TPSA) is 90.3 Å². The van der Waals surface area contributed by atoms with Crippen LogP contribution in [0.25, 0.3) is 10.9 Å². The SMILES string of the molecule is COc1cc2ncnc(Nc3ccc(/C(C)=N\OCc4ccc(Cl)cc4)cc3)c2cc1OCCCN1CCOCC1. The number of anilines is 2. The number of rotatable bonds is 12. The van der Waals surface area contributed by atoms with Gasteiger partial charge in [-0.3, -0.25) is 4.90 Å². The zero-order valence-corrected chi connectivity index (χ0v) is 24.1. The standard InChI is InChI=1S/C31H34ClN5O4/c1-22(36-41-20-23-4-8-25(32)9-5-23)24-6-10-26(11-7-24)35-31-27-18-30(29(38-2)19-28(27)33-21-34-31)40-15-3-12-37-13-16-39-17-14-37/h4-11,18-19,21H,3,12-17,20H2,1-2H3,(H,33,34,35)/b36-22-. The molecule has 0 amide bonds. The van der Waals surface area contributed by atoms with E-state index in [4.69, 9.17) is 30.6 Å². The molecule has 41 heavy (non-hydrogen) atoms. The van der Waals surface area contributed by atoms with E-state index < -0.39 is 0 Å². The third kappa shape index (κ3) is 7.85. The fourth-order valence-corrected chi connectivity index (χ4v) is 4.63. The highest BCUT2D eigenvalue weighted by Crippen LogP contribution is 2.35. The minimum Gasteiger partial charge on any atom is -0.493 e. The molecule has 1 N–H and O–H groups in total. The van der Waals surface area contributed by atoms with Crippen LogP contribution < -0.4 is 14.8 Å². The van der Waals surface area contributed by atoms with E-state index >= 15 is 0 Å². The molecule has 0 saturated carbocycles. The van der Waals surface area contributed by atoms with Gasteiger partial charge in [0.15, 0.2) is 11.5 Å². The minimum atomic E-state index is 0.374. The quantitative estimate of drug-likeness (QED) is 0.123. The minimum absolute atomic E-state index is 0.374. The Morgan fingerprint density at radius 2 is 1.80 bits per heavy atom. The number of methoxy groups -OCH3 is 1. The van der Waals surface area contributed by atoms with Gasteiger partial charge in [-0.25, -0.2) is 9.97 Å². The van der Waals surface area contributed by atoms with Gasteiger partial charge in [-0.1, -0.05) is 41.0 Å². The molecule has 1 fully saturated rings. The van der Waals surface area contributed by atoms with Crippen molar-refractivity contribution in [1.82, 2.24) is 14.9 Å². The van der Waals surface area contributed by atoms with Crippen LogP contribution in [0.4, 0.5) is 11.5 Å². The van der Waals surface area contributed by atoms with Gasteiger partial charge in [0, 0.05) is 41.8 Å². The Labute approximate surface area is 245 Å². The predicted octanol–water partition coefficient (Wildman–Crippen LogP) is 6.08. The third-order valence-corrected chi connectivity index (χ3v) is 7.06. The zero-order valence-electron chi connectivity index (χ0n) is 23.3. The van der Waals surface area contributed by atoms with Gasteiger partial charge in [0.1, 0.15) is 18.8 Å². The summed E-state index contributed by atoms with van der Waals surface area (Å²) in [5.74, 6) is 1.99. The lowest BCUT2D eigenvalue weighted by molar-refractivity contribution is 0.0357. The van der Waals surface area contributed by atoms with E-state index in [9.17, 15) is 0 Å². The van der Waals surface area contributed by atoms with E-state index in [2.05, 4.69) is 25.3 Å². The largest absolute Gasteiger partial charge is 0.493 e. The maximum absolute atomic E-state index is 6.14. The molecule has 0 unspecified atom stereocenters. The van der Waals surface area contributed by atoms with Crippen LogP contribution in [0.15, 0.2) is 72.1 Å². The number of hydrogen-bond donors (Lipinski definition) is 1. The Morgan fingerprint density at radius 3 is 2.56 bits per heavy atom. The van der Waals surface area contributed by atoms with Crippen LogP contribution in [0, 0.1) is 0 Å². The first-order valence-electron chi connectivity index (χ1n) is 13.6. The van der Waals surface area contributed by atoms with Gasteiger partial charge in [0.25, 0.3) is 0 Å². The number of aromatic nitrogens is 2. The second-order valence-corrected chi connectivity index (χ2v) is 10.1. The van der Waals surface area contributed by atoms with Gasteiger partial charge in [-0.2, -0.15) is 0 Å². The molecule has 0 atom stereocenters. The number of nitrogens with zero attached hydrogens (tertiary/aromatic N) is 4. The van der Waals surface area contributed by atoms with Crippen molar-refractivity contribution in [1.29, 1.82) is 0 Å². The van der Waals surface area contributed by atoms with Crippen LogP contribution in [0.3, 0.4) is 0 Å². The molecular formula is C31H34ClN5O4. The van der Waals surface area contributed by atoms with Crippen LogP contribution in [0.5, 0.6) is 11.5 Å². The van der Waals surface area contributed by atoms with Crippen molar-refractivity contribution in [3.63, 3.8) is 0 Å². The Morgan fingerprint density at radius 1 is 1.02 bits per heavy atom. The van der Waals surface area contributed by atoms with Crippen molar-refractivity contribution in [2.45, 2.75) is 20.0 Å². The molecule has 2 heterocycles. The molecule has 0 radical (unpaired) electrons. The van der Waals surface area contributed by atoms with Crippen molar-refractivity contribution in [2.75, 3.05) is 51.9 Å². The summed E-state index contributed by atoms with van der Waals surface area (Å²) in [5.41, 5.74) is 4.38. The number of oxime groups is 1. The Bertz CT molecular complexity index is 1460. The van der Waals surface area contributed by atoms with Crippen molar-refractivity contribution in [3.05, 3.63) is 83.1 Å². The fraction of sp³-hybridized carbons (Fsp3) is 0.323. The predicted molar refractivity (Wildman–Crippen MR) is 162 cm³/mol. The molecule has 214 valence electrons. The molecule has 4 aromatic rings. The molecule has 10 heteroatoms. The molecule has 5 rings (SSSR count). The summed E-state index contributed by atoms with van der Waals surface area (Å²) in [7, 11) is 1.64. The van der Waals surface area contributed by atoms with Crippen LogP contribution in [-0.4, -0.2) is 67.1 Å². The van der Waals surface area contributed by atoms with Gasteiger partial charge in [0.2, 0.25) is 0 Å². The van der Waals surface area contributed by atoms with Gasteiger partial charge in [0.05, 0.1) is 38.2 Å². The van der Waals surface area contributed by atoms with Crippen molar-refractivity contribution >= 4 is 39.7 Å². The fourth-order valence-electron chi connectivity index (χ4n) is 4.50. The number of fused-ring (bicyclic) bond motifs is 1. The van der Waals surface area contributed by atoms with Crippen molar-refractivity contribution in [3.8, 4) is 11.5 Å². The van der Waals surface area contributed by atoms with E-state index in [0.717, 1.165) is 72.7 Å². The van der Waals surface area contributed by atoms with Crippen LogP contribution >= 0.6 is 11.6 Å². The Balaban J connectivity index is 1.23. The molecular weight excluding hydrogens is 542 g/mol. The van der Waals surface area contributed by atoms with Crippen molar-refractivity contribution < 1.29 is 19.0 Å². The van der Waals surface area contributed by atoms with Crippen LogP contribution in [0.2, 0.25) is 5.02 Å². The number of halogens is 1. The lowest BCUT2D eigenvalue weighted by Crippen LogP contribution is -2.37. The van der Waals surface area contributed by atoms with E-state index in [1.807, 2.05) is 67.6 Å². The van der Waals surface area contributed by atoms with Gasteiger partial charge < -0.3 is 24.4 Å². The van der Waals surface area contributed by atoms with Crippen LogP contribution in [0.1, 0.15) is 24.5 Å². The molecule has 1 aliphatic rings.